The molecule has 0 aliphatic heterocycles. The Morgan fingerprint density at radius 2 is 2.14 bits per heavy atom. The van der Waals surface area contributed by atoms with E-state index >= 15 is 0 Å². The molecule has 0 aliphatic carbocycles. The average Bonchev–Trinajstić information content (AvgIpc) is 2.97. The smallest absolute Gasteiger partial charge is 0.258 e. The van der Waals surface area contributed by atoms with Crippen molar-refractivity contribution in [3.05, 3.63) is 57.0 Å². The second-order valence-electron chi connectivity index (χ2n) is 5.15. The van der Waals surface area contributed by atoms with Gasteiger partial charge in [-0.2, -0.15) is 0 Å². The van der Waals surface area contributed by atoms with E-state index in [1.807, 2.05) is 31.3 Å². The van der Waals surface area contributed by atoms with Crippen LogP contribution in [0, 0.1) is 6.92 Å². The van der Waals surface area contributed by atoms with Gasteiger partial charge in [-0.25, -0.2) is 4.98 Å². The summed E-state index contributed by atoms with van der Waals surface area (Å²) in [7, 11) is 1.96. The highest BCUT2D eigenvalue weighted by Crippen LogP contribution is 2.25. The van der Waals surface area contributed by atoms with Gasteiger partial charge in [-0.1, -0.05) is 6.07 Å². The number of benzene rings is 1. The minimum absolute atomic E-state index is 0.119. The molecule has 0 atom stereocenters. The van der Waals surface area contributed by atoms with E-state index in [1.54, 1.807) is 13.0 Å². The van der Waals surface area contributed by atoms with Gasteiger partial charge in [0.1, 0.15) is 5.82 Å². The van der Waals surface area contributed by atoms with Gasteiger partial charge in [-0.15, -0.1) is 11.3 Å². The molecule has 0 bridgehead atoms. The Balaban J connectivity index is 1.90. The number of hydrogen-bond donors (Lipinski definition) is 1. The maximum absolute atomic E-state index is 12.0. The third-order valence-corrected chi connectivity index (χ3v) is 4.54. The van der Waals surface area contributed by atoms with Crippen LogP contribution in [-0.4, -0.2) is 23.3 Å². The van der Waals surface area contributed by atoms with Crippen LogP contribution in [0.3, 0.4) is 0 Å². The minimum Gasteiger partial charge on any atom is -0.362 e. The van der Waals surface area contributed by atoms with Gasteiger partial charge < -0.3 is 9.88 Å². The van der Waals surface area contributed by atoms with E-state index in [-0.39, 0.29) is 5.56 Å². The van der Waals surface area contributed by atoms with Crippen LogP contribution in [0.15, 0.2) is 35.1 Å². The van der Waals surface area contributed by atoms with Crippen LogP contribution in [0.25, 0.3) is 10.9 Å². The summed E-state index contributed by atoms with van der Waals surface area (Å²) in [5.41, 5.74) is 1.60. The standard InChI is InChI=1S/C16H15N3O2S/c1-10-17-14-5-3-11(7-13(14)16(21)18-10)8-19(2)15-6-4-12(9-20)22-15/h3-7,9H,8H2,1-2H3,(H,17,18,21). The average molecular weight is 313 g/mol. The van der Waals surface area contributed by atoms with Crippen molar-refractivity contribution in [1.29, 1.82) is 0 Å². The lowest BCUT2D eigenvalue weighted by Crippen LogP contribution is -2.16. The van der Waals surface area contributed by atoms with Crippen LogP contribution in [-0.2, 0) is 6.54 Å². The van der Waals surface area contributed by atoms with Gasteiger partial charge in [0.05, 0.1) is 20.8 Å². The van der Waals surface area contributed by atoms with E-state index in [0.29, 0.717) is 28.1 Å². The molecule has 112 valence electrons. The number of aldehydes is 1. The number of nitrogens with zero attached hydrogens (tertiary/aromatic N) is 2. The minimum atomic E-state index is -0.119. The molecule has 1 aromatic carbocycles. The lowest BCUT2D eigenvalue weighted by molar-refractivity contribution is 0.112. The molecule has 3 aromatic rings. The Hall–Kier alpha value is -2.47. The Morgan fingerprint density at radius 3 is 2.86 bits per heavy atom. The molecule has 6 heteroatoms. The Kier molecular flexibility index (Phi) is 3.77. The van der Waals surface area contributed by atoms with Crippen molar-refractivity contribution in [2.45, 2.75) is 13.5 Å². The lowest BCUT2D eigenvalue weighted by atomic mass is 10.1. The zero-order chi connectivity index (χ0) is 15.7. The number of rotatable bonds is 4. The first-order chi connectivity index (χ1) is 10.6. The summed E-state index contributed by atoms with van der Waals surface area (Å²) < 4.78 is 0. The first kappa shape index (κ1) is 14.5. The number of aromatic amines is 1. The fourth-order valence-electron chi connectivity index (χ4n) is 2.36. The highest BCUT2D eigenvalue weighted by molar-refractivity contribution is 7.17. The molecule has 1 N–H and O–H groups in total. The van der Waals surface area contributed by atoms with Crippen molar-refractivity contribution in [2.75, 3.05) is 11.9 Å². The summed E-state index contributed by atoms with van der Waals surface area (Å²) in [6.07, 6.45) is 0.853. The molecule has 3 rings (SSSR count). The van der Waals surface area contributed by atoms with E-state index in [4.69, 9.17) is 0 Å². The van der Waals surface area contributed by atoms with Gasteiger partial charge >= 0.3 is 0 Å². The van der Waals surface area contributed by atoms with E-state index in [1.165, 1.54) is 11.3 Å². The second kappa shape index (κ2) is 5.73. The number of carbonyl (C=O) groups excluding carboxylic acids is 1. The summed E-state index contributed by atoms with van der Waals surface area (Å²) >= 11 is 1.45. The molecule has 0 fully saturated rings. The number of hydrogen-bond acceptors (Lipinski definition) is 5. The summed E-state index contributed by atoms with van der Waals surface area (Å²) in [6, 6.07) is 9.44. The van der Waals surface area contributed by atoms with Gasteiger partial charge in [-0.05, 0) is 36.8 Å². The Morgan fingerprint density at radius 1 is 1.32 bits per heavy atom. The normalized spacial score (nSPS) is 10.8. The summed E-state index contributed by atoms with van der Waals surface area (Å²) in [5, 5.41) is 1.61. The lowest BCUT2D eigenvalue weighted by Gasteiger charge is -2.17. The number of H-pyrrole nitrogens is 1. The number of carbonyl (C=O) groups is 1. The molecular weight excluding hydrogens is 298 g/mol. The monoisotopic (exact) mass is 313 g/mol. The summed E-state index contributed by atoms with van der Waals surface area (Å²) in [5.74, 6) is 0.613. The van der Waals surface area contributed by atoms with Crippen molar-refractivity contribution in [2.24, 2.45) is 0 Å². The molecule has 0 radical (unpaired) electrons. The van der Waals surface area contributed by atoms with Crippen molar-refractivity contribution in [3.63, 3.8) is 0 Å². The quantitative estimate of drug-likeness (QED) is 0.752. The zero-order valence-electron chi connectivity index (χ0n) is 12.3. The molecule has 5 nitrogen and oxygen atoms in total. The molecule has 0 saturated carbocycles. The Labute approximate surface area is 131 Å². The van der Waals surface area contributed by atoms with Crippen molar-refractivity contribution in [1.82, 2.24) is 9.97 Å². The van der Waals surface area contributed by atoms with Crippen molar-refractivity contribution < 1.29 is 4.79 Å². The van der Waals surface area contributed by atoms with E-state index < -0.39 is 0 Å². The third-order valence-electron chi connectivity index (χ3n) is 3.41. The summed E-state index contributed by atoms with van der Waals surface area (Å²) in [4.78, 5) is 32.6. The van der Waals surface area contributed by atoms with Gasteiger partial charge in [0.25, 0.3) is 5.56 Å². The fraction of sp³-hybridized carbons (Fsp3) is 0.188. The van der Waals surface area contributed by atoms with Crippen LogP contribution in [0.2, 0.25) is 0 Å². The van der Waals surface area contributed by atoms with Gasteiger partial charge in [0, 0.05) is 13.6 Å². The first-order valence-electron chi connectivity index (χ1n) is 6.82. The fourth-order valence-corrected chi connectivity index (χ4v) is 3.15. The topological polar surface area (TPSA) is 66.1 Å². The molecule has 2 heterocycles. The molecule has 2 aromatic heterocycles. The van der Waals surface area contributed by atoms with E-state index in [2.05, 4.69) is 14.9 Å². The van der Waals surface area contributed by atoms with Gasteiger partial charge in [0.15, 0.2) is 6.29 Å². The summed E-state index contributed by atoms with van der Waals surface area (Å²) in [6.45, 7) is 2.42. The van der Waals surface area contributed by atoms with E-state index in [9.17, 15) is 9.59 Å². The maximum atomic E-state index is 12.0. The number of anilines is 1. The molecule has 0 saturated heterocycles. The zero-order valence-corrected chi connectivity index (χ0v) is 13.1. The van der Waals surface area contributed by atoms with Gasteiger partial charge in [0.2, 0.25) is 0 Å². The predicted octanol–water partition coefficient (Wildman–Crippen LogP) is 2.74. The third kappa shape index (κ3) is 2.78. The van der Waals surface area contributed by atoms with Crippen LogP contribution < -0.4 is 10.5 Å². The predicted molar refractivity (Wildman–Crippen MR) is 88.9 cm³/mol. The number of nitrogens with one attached hydrogen (secondary N) is 1. The largest absolute Gasteiger partial charge is 0.362 e. The molecule has 0 spiro atoms. The van der Waals surface area contributed by atoms with Crippen molar-refractivity contribution in [3.8, 4) is 0 Å². The second-order valence-corrected chi connectivity index (χ2v) is 6.25. The molecule has 0 amide bonds. The van der Waals surface area contributed by atoms with Crippen LogP contribution in [0.4, 0.5) is 5.00 Å². The number of fused-ring (bicyclic) bond motifs is 1. The number of thiophene rings is 1. The van der Waals surface area contributed by atoms with E-state index in [0.717, 1.165) is 16.9 Å². The van der Waals surface area contributed by atoms with Gasteiger partial charge in [-0.3, -0.25) is 9.59 Å². The van der Waals surface area contributed by atoms with Crippen molar-refractivity contribution >= 4 is 33.5 Å². The molecular formula is C16H15N3O2S. The number of aromatic nitrogens is 2. The van der Waals surface area contributed by atoms with Crippen LogP contribution in [0.1, 0.15) is 21.1 Å². The Bertz CT molecular complexity index is 898. The SMILES string of the molecule is Cc1nc2ccc(CN(C)c3ccc(C=O)s3)cc2c(=O)[nH]1. The first-order valence-corrected chi connectivity index (χ1v) is 7.64. The molecule has 0 aliphatic rings. The highest BCUT2D eigenvalue weighted by Gasteiger charge is 2.08. The molecule has 22 heavy (non-hydrogen) atoms. The van der Waals surface area contributed by atoms with Crippen LogP contribution >= 0.6 is 11.3 Å². The highest BCUT2D eigenvalue weighted by atomic mass is 32.1. The maximum Gasteiger partial charge on any atom is 0.258 e. The molecule has 0 unspecified atom stereocenters. The van der Waals surface area contributed by atoms with Crippen LogP contribution in [0.5, 0.6) is 0 Å². The number of aryl methyl sites for hydroxylation is 1.